The average molecular weight is 461 g/mol. The number of alkyl halides is 3. The predicted molar refractivity (Wildman–Crippen MR) is 120 cm³/mol. The van der Waals surface area contributed by atoms with Gasteiger partial charge in [0, 0.05) is 19.6 Å². The number of nitrogens with one attached hydrogen (secondary N) is 1. The first-order valence-corrected chi connectivity index (χ1v) is 11.1. The fourth-order valence-corrected chi connectivity index (χ4v) is 4.62. The van der Waals surface area contributed by atoms with Crippen LogP contribution < -0.4 is 16.0 Å². The molecule has 0 radical (unpaired) electrons. The van der Waals surface area contributed by atoms with Crippen molar-refractivity contribution in [2.45, 2.75) is 44.4 Å². The number of primary amides is 1. The summed E-state index contributed by atoms with van der Waals surface area (Å²) in [5.74, 6) is -1.02. The third-order valence-electron chi connectivity index (χ3n) is 6.32. The van der Waals surface area contributed by atoms with Crippen LogP contribution in [0.4, 0.5) is 24.5 Å². The van der Waals surface area contributed by atoms with Crippen LogP contribution >= 0.6 is 0 Å². The Bertz CT molecular complexity index is 1030. The highest BCUT2D eigenvalue weighted by atomic mass is 19.4. The highest BCUT2D eigenvalue weighted by Gasteiger charge is 2.33. The minimum Gasteiger partial charge on any atom is -0.370 e. The first-order valence-electron chi connectivity index (χ1n) is 11.1. The molecule has 0 saturated carbocycles. The number of anilines is 2. The molecule has 2 aromatic carbocycles. The van der Waals surface area contributed by atoms with Crippen molar-refractivity contribution < 1.29 is 22.8 Å². The second-order valence-corrected chi connectivity index (χ2v) is 8.62. The van der Waals surface area contributed by atoms with Gasteiger partial charge in [-0.15, -0.1) is 0 Å². The molecule has 6 nitrogen and oxygen atoms in total. The van der Waals surface area contributed by atoms with E-state index in [-0.39, 0.29) is 12.2 Å². The summed E-state index contributed by atoms with van der Waals surface area (Å²) in [4.78, 5) is 28.7. The Morgan fingerprint density at radius 3 is 2.39 bits per heavy atom. The highest BCUT2D eigenvalue weighted by Crippen LogP contribution is 2.36. The number of fused-ring (bicyclic) bond motifs is 1. The van der Waals surface area contributed by atoms with Crippen LogP contribution in [0.5, 0.6) is 0 Å². The number of hydrogen-bond acceptors (Lipinski definition) is 4. The molecule has 0 aliphatic carbocycles. The molecule has 0 unspecified atom stereocenters. The van der Waals surface area contributed by atoms with E-state index in [4.69, 9.17) is 5.73 Å². The molecular formula is C24H27F3N4O2. The van der Waals surface area contributed by atoms with Crippen LogP contribution in [0, 0.1) is 0 Å². The number of benzene rings is 2. The summed E-state index contributed by atoms with van der Waals surface area (Å²) in [7, 11) is 0. The van der Waals surface area contributed by atoms with E-state index >= 15 is 0 Å². The van der Waals surface area contributed by atoms with Gasteiger partial charge in [0.15, 0.2) is 0 Å². The van der Waals surface area contributed by atoms with Gasteiger partial charge in [0.1, 0.15) is 0 Å². The van der Waals surface area contributed by atoms with Gasteiger partial charge in [-0.05, 0) is 55.0 Å². The van der Waals surface area contributed by atoms with Gasteiger partial charge in [-0.25, -0.2) is 0 Å². The summed E-state index contributed by atoms with van der Waals surface area (Å²) in [6.45, 7) is 1.65. The second kappa shape index (κ2) is 9.43. The van der Waals surface area contributed by atoms with Crippen LogP contribution in [0.25, 0.3) is 0 Å². The first-order chi connectivity index (χ1) is 15.7. The molecule has 1 saturated heterocycles. The summed E-state index contributed by atoms with van der Waals surface area (Å²) in [6.07, 6.45) is -1.16. The van der Waals surface area contributed by atoms with Crippen molar-refractivity contribution in [3.63, 3.8) is 0 Å². The van der Waals surface area contributed by atoms with E-state index in [1.54, 1.807) is 4.90 Å². The maximum Gasteiger partial charge on any atom is 0.416 e. The maximum absolute atomic E-state index is 13.3. The lowest BCUT2D eigenvalue weighted by atomic mass is 9.93. The Kier molecular flexibility index (Phi) is 6.60. The van der Waals surface area contributed by atoms with Crippen LogP contribution in [0.3, 0.4) is 0 Å². The minimum absolute atomic E-state index is 0.129. The lowest BCUT2D eigenvalue weighted by Gasteiger charge is -2.35. The summed E-state index contributed by atoms with van der Waals surface area (Å²) in [6, 6.07) is 10.4. The average Bonchev–Trinajstić information content (AvgIpc) is 2.78. The number of carbonyl (C=O) groups excluding carboxylic acids is 2. The first kappa shape index (κ1) is 23.1. The molecule has 1 fully saturated rings. The van der Waals surface area contributed by atoms with Crippen LogP contribution in [0.1, 0.15) is 36.0 Å². The number of hydrogen-bond donors (Lipinski definition) is 2. The van der Waals surface area contributed by atoms with Crippen LogP contribution in [-0.4, -0.2) is 42.4 Å². The molecule has 9 heteroatoms. The topological polar surface area (TPSA) is 78.7 Å². The van der Waals surface area contributed by atoms with Crippen molar-refractivity contribution in [3.8, 4) is 0 Å². The van der Waals surface area contributed by atoms with Crippen LogP contribution in [0.15, 0.2) is 42.5 Å². The molecule has 3 N–H and O–H groups in total. The molecule has 2 amide bonds. The number of rotatable bonds is 5. The zero-order valence-electron chi connectivity index (χ0n) is 18.2. The van der Waals surface area contributed by atoms with Crippen LogP contribution in [0.2, 0.25) is 0 Å². The number of piperidine rings is 1. The van der Waals surface area contributed by atoms with Crippen molar-refractivity contribution in [1.82, 2.24) is 4.90 Å². The van der Waals surface area contributed by atoms with Crippen molar-refractivity contribution in [2.24, 2.45) is 5.73 Å². The zero-order chi connectivity index (χ0) is 23.6. The predicted octanol–water partition coefficient (Wildman–Crippen LogP) is 3.55. The van der Waals surface area contributed by atoms with Gasteiger partial charge >= 0.3 is 6.18 Å². The number of carbonyl (C=O) groups is 2. The largest absolute Gasteiger partial charge is 0.416 e. The third kappa shape index (κ3) is 5.30. The van der Waals surface area contributed by atoms with Gasteiger partial charge < -0.3 is 16.0 Å². The number of nitrogens with two attached hydrogens (primary N) is 1. The van der Waals surface area contributed by atoms with Gasteiger partial charge in [0.2, 0.25) is 11.8 Å². The second-order valence-electron chi connectivity index (χ2n) is 8.62. The van der Waals surface area contributed by atoms with Gasteiger partial charge in [-0.1, -0.05) is 24.3 Å². The van der Waals surface area contributed by atoms with E-state index in [0.717, 1.165) is 55.6 Å². The fraction of sp³-hybridized carbons (Fsp3) is 0.417. The number of halogens is 3. The summed E-state index contributed by atoms with van der Waals surface area (Å²) in [5.41, 5.74) is 7.47. The number of amides is 2. The monoisotopic (exact) mass is 460 g/mol. The Hall–Kier alpha value is -3.07. The quantitative estimate of drug-likeness (QED) is 0.716. The lowest BCUT2D eigenvalue weighted by Crippen LogP contribution is -2.51. The molecular weight excluding hydrogens is 433 g/mol. The SMILES string of the molecule is NC(=O)[C@@H]1Cc2ccccc2CN1CC(=O)Nc1cc(C(F)(F)F)ccc1N1CCCCC1. The van der Waals surface area contributed by atoms with E-state index in [1.165, 1.54) is 6.07 Å². The molecule has 0 bridgehead atoms. The molecule has 2 aliphatic heterocycles. The molecule has 2 aromatic rings. The molecule has 2 heterocycles. The minimum atomic E-state index is -4.52. The van der Waals surface area contributed by atoms with Crippen LogP contribution in [-0.2, 0) is 28.7 Å². The molecule has 2 aliphatic rings. The van der Waals surface area contributed by atoms with Crippen molar-refractivity contribution >= 4 is 23.2 Å². The zero-order valence-corrected chi connectivity index (χ0v) is 18.2. The van der Waals surface area contributed by atoms with Gasteiger partial charge in [-0.3, -0.25) is 14.5 Å². The summed E-state index contributed by atoms with van der Waals surface area (Å²) < 4.78 is 40.0. The van der Waals surface area contributed by atoms with E-state index < -0.39 is 29.6 Å². The van der Waals surface area contributed by atoms with E-state index in [2.05, 4.69) is 5.32 Å². The van der Waals surface area contributed by atoms with Gasteiger partial charge in [0.25, 0.3) is 0 Å². The molecule has 4 rings (SSSR count). The Balaban J connectivity index is 1.56. The maximum atomic E-state index is 13.3. The van der Waals surface area contributed by atoms with E-state index in [9.17, 15) is 22.8 Å². The third-order valence-corrected chi connectivity index (χ3v) is 6.32. The van der Waals surface area contributed by atoms with E-state index in [0.29, 0.717) is 18.7 Å². The Morgan fingerprint density at radius 2 is 1.73 bits per heavy atom. The molecule has 1 atom stereocenters. The standard InChI is InChI=1S/C24H27F3N4O2/c25-24(26,27)18-8-9-20(30-10-4-1-5-11-30)19(13-18)29-22(32)15-31-14-17-7-3-2-6-16(17)12-21(31)23(28)33/h2-3,6-9,13,21H,1,4-5,10-12,14-15H2,(H2,28,33)(H,29,32)/t21-/m0/s1. The molecule has 0 spiro atoms. The van der Waals surface area contributed by atoms with Crippen molar-refractivity contribution in [2.75, 3.05) is 29.9 Å². The number of nitrogens with zero attached hydrogens (tertiary/aromatic N) is 2. The highest BCUT2D eigenvalue weighted by molar-refractivity contribution is 5.96. The summed E-state index contributed by atoms with van der Waals surface area (Å²) in [5, 5.41) is 2.68. The smallest absolute Gasteiger partial charge is 0.370 e. The van der Waals surface area contributed by atoms with E-state index in [1.807, 2.05) is 29.2 Å². The Morgan fingerprint density at radius 1 is 1.03 bits per heavy atom. The Labute approximate surface area is 190 Å². The molecule has 176 valence electrons. The molecule has 33 heavy (non-hydrogen) atoms. The van der Waals surface area contributed by atoms with Crippen molar-refractivity contribution in [1.29, 1.82) is 0 Å². The van der Waals surface area contributed by atoms with Gasteiger partial charge in [-0.2, -0.15) is 13.2 Å². The summed E-state index contributed by atoms with van der Waals surface area (Å²) >= 11 is 0. The normalized spacial score (nSPS) is 19.1. The molecule has 0 aromatic heterocycles. The lowest BCUT2D eigenvalue weighted by molar-refractivity contribution is -0.137. The fourth-order valence-electron chi connectivity index (χ4n) is 4.62. The van der Waals surface area contributed by atoms with Crippen molar-refractivity contribution in [3.05, 3.63) is 59.2 Å². The van der Waals surface area contributed by atoms with Gasteiger partial charge in [0.05, 0.1) is 29.5 Å².